The minimum atomic E-state index is -0.497. The number of benzene rings is 1. The number of hydrogen-bond acceptors (Lipinski definition) is 3. The maximum Gasteiger partial charge on any atom is 0.263 e. The minimum absolute atomic E-state index is 0.0431. The standard InChI is InChI=1S/C16H20N2O2/c1-12-5-3-4-10-18(12)16(19)13(2)20-15-8-6-14(11-17)7-9-15/h6-9,12-13H,3-5,10H2,1-2H3/t12-,13+/m0/s1. The average Bonchev–Trinajstić information content (AvgIpc) is 2.48. The number of rotatable bonds is 3. The second-order valence-corrected chi connectivity index (χ2v) is 5.27. The third-order valence-corrected chi connectivity index (χ3v) is 3.73. The Morgan fingerprint density at radius 1 is 1.40 bits per heavy atom. The van der Waals surface area contributed by atoms with Gasteiger partial charge in [-0.05, 0) is 57.4 Å². The van der Waals surface area contributed by atoms with E-state index in [9.17, 15) is 4.79 Å². The molecule has 0 saturated carbocycles. The second kappa shape index (κ2) is 6.42. The fourth-order valence-corrected chi connectivity index (χ4v) is 2.52. The van der Waals surface area contributed by atoms with Crippen LogP contribution in [0, 0.1) is 11.3 Å². The lowest BCUT2D eigenvalue weighted by Crippen LogP contribution is -2.47. The van der Waals surface area contributed by atoms with E-state index in [0.29, 0.717) is 17.4 Å². The van der Waals surface area contributed by atoms with E-state index in [0.717, 1.165) is 19.4 Å². The van der Waals surface area contributed by atoms with Crippen molar-refractivity contribution in [1.29, 1.82) is 5.26 Å². The van der Waals surface area contributed by atoms with Gasteiger partial charge in [0.1, 0.15) is 5.75 Å². The summed E-state index contributed by atoms with van der Waals surface area (Å²) in [6.07, 6.45) is 2.83. The van der Waals surface area contributed by atoms with Crippen LogP contribution in [0.1, 0.15) is 38.7 Å². The van der Waals surface area contributed by atoms with Crippen molar-refractivity contribution in [3.8, 4) is 11.8 Å². The fraction of sp³-hybridized carbons (Fsp3) is 0.500. The molecule has 0 N–H and O–H groups in total. The van der Waals surface area contributed by atoms with Crippen LogP contribution < -0.4 is 4.74 Å². The number of nitriles is 1. The molecule has 1 amide bonds. The Kier molecular flexibility index (Phi) is 4.62. The van der Waals surface area contributed by atoms with E-state index >= 15 is 0 Å². The second-order valence-electron chi connectivity index (χ2n) is 5.27. The van der Waals surface area contributed by atoms with Crippen molar-refractivity contribution < 1.29 is 9.53 Å². The Labute approximate surface area is 120 Å². The summed E-state index contributed by atoms with van der Waals surface area (Å²) in [6, 6.07) is 9.18. The summed E-state index contributed by atoms with van der Waals surface area (Å²) in [5.41, 5.74) is 0.584. The number of nitrogens with zero attached hydrogens (tertiary/aromatic N) is 2. The van der Waals surface area contributed by atoms with E-state index in [1.165, 1.54) is 6.42 Å². The molecule has 0 radical (unpaired) electrons. The number of carbonyl (C=O) groups is 1. The Hall–Kier alpha value is -2.02. The van der Waals surface area contributed by atoms with Crippen molar-refractivity contribution in [3.63, 3.8) is 0 Å². The van der Waals surface area contributed by atoms with Gasteiger partial charge in [0.25, 0.3) is 5.91 Å². The van der Waals surface area contributed by atoms with Crippen LogP contribution in [0.5, 0.6) is 5.75 Å². The van der Waals surface area contributed by atoms with Crippen LogP contribution in [-0.4, -0.2) is 29.5 Å². The number of hydrogen-bond donors (Lipinski definition) is 0. The monoisotopic (exact) mass is 272 g/mol. The highest BCUT2D eigenvalue weighted by Gasteiger charge is 2.27. The van der Waals surface area contributed by atoms with Gasteiger partial charge in [-0.1, -0.05) is 0 Å². The highest BCUT2D eigenvalue weighted by molar-refractivity contribution is 5.81. The van der Waals surface area contributed by atoms with Crippen molar-refractivity contribution >= 4 is 5.91 Å². The van der Waals surface area contributed by atoms with Gasteiger partial charge < -0.3 is 9.64 Å². The Bertz CT molecular complexity index is 504. The number of amides is 1. The molecular weight excluding hydrogens is 252 g/mol. The van der Waals surface area contributed by atoms with Crippen LogP contribution in [0.4, 0.5) is 0 Å². The summed E-state index contributed by atoms with van der Waals surface area (Å²) in [4.78, 5) is 14.3. The molecule has 106 valence electrons. The van der Waals surface area contributed by atoms with Crippen LogP contribution in [0.25, 0.3) is 0 Å². The Morgan fingerprint density at radius 2 is 2.10 bits per heavy atom. The SMILES string of the molecule is C[C@@H](Oc1ccc(C#N)cc1)C(=O)N1CCCC[C@@H]1C. The van der Waals surface area contributed by atoms with Crippen molar-refractivity contribution in [2.75, 3.05) is 6.54 Å². The van der Waals surface area contributed by atoms with Gasteiger partial charge in [-0.15, -0.1) is 0 Å². The molecule has 2 atom stereocenters. The molecule has 20 heavy (non-hydrogen) atoms. The molecule has 0 spiro atoms. The highest BCUT2D eigenvalue weighted by Crippen LogP contribution is 2.19. The largest absolute Gasteiger partial charge is 0.481 e. The van der Waals surface area contributed by atoms with Gasteiger partial charge in [-0.25, -0.2) is 0 Å². The van der Waals surface area contributed by atoms with E-state index < -0.39 is 6.10 Å². The third-order valence-electron chi connectivity index (χ3n) is 3.73. The lowest BCUT2D eigenvalue weighted by molar-refractivity contribution is -0.141. The molecule has 1 aliphatic heterocycles. The van der Waals surface area contributed by atoms with Crippen LogP contribution in [0.15, 0.2) is 24.3 Å². The van der Waals surface area contributed by atoms with Gasteiger partial charge in [-0.2, -0.15) is 5.26 Å². The van der Waals surface area contributed by atoms with Gasteiger partial charge in [-0.3, -0.25) is 4.79 Å². The lowest BCUT2D eigenvalue weighted by atomic mass is 10.0. The number of likely N-dealkylation sites (tertiary alicyclic amines) is 1. The van der Waals surface area contributed by atoms with Gasteiger partial charge in [0, 0.05) is 12.6 Å². The number of ether oxygens (including phenoxy) is 1. The van der Waals surface area contributed by atoms with Crippen LogP contribution >= 0.6 is 0 Å². The number of carbonyl (C=O) groups excluding carboxylic acids is 1. The summed E-state index contributed by atoms with van der Waals surface area (Å²) in [5, 5.41) is 8.75. The Morgan fingerprint density at radius 3 is 2.70 bits per heavy atom. The van der Waals surface area contributed by atoms with E-state index in [-0.39, 0.29) is 5.91 Å². The molecule has 1 aromatic rings. The summed E-state index contributed by atoms with van der Waals surface area (Å²) >= 11 is 0. The maximum absolute atomic E-state index is 12.4. The van der Waals surface area contributed by atoms with Crippen LogP contribution in [-0.2, 0) is 4.79 Å². The lowest BCUT2D eigenvalue weighted by Gasteiger charge is -2.35. The topological polar surface area (TPSA) is 53.3 Å². The first-order valence-electron chi connectivity index (χ1n) is 7.09. The van der Waals surface area contributed by atoms with E-state index in [1.54, 1.807) is 31.2 Å². The van der Waals surface area contributed by atoms with Gasteiger partial charge >= 0.3 is 0 Å². The van der Waals surface area contributed by atoms with E-state index in [4.69, 9.17) is 10.00 Å². The molecule has 4 heteroatoms. The Balaban J connectivity index is 1.98. The normalized spacial score (nSPS) is 20.1. The smallest absolute Gasteiger partial charge is 0.263 e. The highest BCUT2D eigenvalue weighted by atomic mass is 16.5. The molecule has 1 aliphatic rings. The van der Waals surface area contributed by atoms with Crippen LogP contribution in [0.2, 0.25) is 0 Å². The van der Waals surface area contributed by atoms with Gasteiger partial charge in [0.15, 0.2) is 6.10 Å². The summed E-state index contributed by atoms with van der Waals surface area (Å²) < 4.78 is 5.68. The molecule has 0 aliphatic carbocycles. The third kappa shape index (κ3) is 3.30. The quantitative estimate of drug-likeness (QED) is 0.850. The van der Waals surface area contributed by atoms with Crippen molar-refractivity contribution in [2.45, 2.75) is 45.3 Å². The molecule has 1 saturated heterocycles. The molecule has 1 heterocycles. The summed E-state index contributed by atoms with van der Waals surface area (Å²) in [6.45, 7) is 4.69. The molecule has 2 rings (SSSR count). The average molecular weight is 272 g/mol. The predicted octanol–water partition coefficient (Wildman–Crippen LogP) is 2.73. The zero-order valence-electron chi connectivity index (χ0n) is 12.0. The first kappa shape index (κ1) is 14.4. The predicted molar refractivity (Wildman–Crippen MR) is 76.3 cm³/mol. The van der Waals surface area contributed by atoms with Gasteiger partial charge in [0.05, 0.1) is 11.6 Å². The molecule has 0 bridgehead atoms. The van der Waals surface area contributed by atoms with Crippen LogP contribution in [0.3, 0.4) is 0 Å². The molecule has 0 unspecified atom stereocenters. The first-order valence-corrected chi connectivity index (χ1v) is 7.09. The molecule has 0 aromatic heterocycles. The molecular formula is C16H20N2O2. The number of piperidine rings is 1. The van der Waals surface area contributed by atoms with E-state index in [1.807, 2.05) is 4.90 Å². The minimum Gasteiger partial charge on any atom is -0.481 e. The zero-order chi connectivity index (χ0) is 14.5. The van der Waals surface area contributed by atoms with Crippen molar-refractivity contribution in [1.82, 2.24) is 4.90 Å². The zero-order valence-corrected chi connectivity index (χ0v) is 12.0. The van der Waals surface area contributed by atoms with E-state index in [2.05, 4.69) is 13.0 Å². The van der Waals surface area contributed by atoms with Crippen molar-refractivity contribution in [2.24, 2.45) is 0 Å². The summed E-state index contributed by atoms with van der Waals surface area (Å²) in [7, 11) is 0. The maximum atomic E-state index is 12.4. The molecule has 1 aromatic carbocycles. The van der Waals surface area contributed by atoms with Gasteiger partial charge in [0.2, 0.25) is 0 Å². The van der Waals surface area contributed by atoms with Crippen molar-refractivity contribution in [3.05, 3.63) is 29.8 Å². The molecule has 4 nitrogen and oxygen atoms in total. The molecule has 1 fully saturated rings. The fourth-order valence-electron chi connectivity index (χ4n) is 2.52. The first-order chi connectivity index (χ1) is 9.61. The summed E-state index contributed by atoms with van der Waals surface area (Å²) in [5.74, 6) is 0.663.